The minimum Gasteiger partial charge on any atom is -0.496 e. The lowest BCUT2D eigenvalue weighted by atomic mass is 9.77. The Labute approximate surface area is 102 Å². The Bertz CT molecular complexity index is 376. The van der Waals surface area contributed by atoms with Gasteiger partial charge in [0.25, 0.3) is 0 Å². The first-order valence-corrected chi connectivity index (χ1v) is 6.33. The molecular formula is C14H20FNO. The predicted octanol–water partition coefficient (Wildman–Crippen LogP) is 3.29. The molecule has 1 fully saturated rings. The Morgan fingerprint density at radius 1 is 1.47 bits per heavy atom. The van der Waals surface area contributed by atoms with E-state index in [2.05, 4.69) is 12.2 Å². The topological polar surface area (TPSA) is 21.3 Å². The van der Waals surface area contributed by atoms with E-state index in [0.29, 0.717) is 5.92 Å². The lowest BCUT2D eigenvalue weighted by Crippen LogP contribution is -2.32. The molecule has 94 valence electrons. The van der Waals surface area contributed by atoms with E-state index in [-0.39, 0.29) is 11.9 Å². The maximum Gasteiger partial charge on any atom is 0.123 e. The highest BCUT2D eigenvalue weighted by Crippen LogP contribution is 2.40. The van der Waals surface area contributed by atoms with E-state index >= 15 is 0 Å². The molecule has 1 atom stereocenters. The van der Waals surface area contributed by atoms with Crippen molar-refractivity contribution in [1.82, 2.24) is 5.32 Å². The second-order valence-electron chi connectivity index (χ2n) is 4.61. The van der Waals surface area contributed by atoms with E-state index in [1.807, 2.05) is 0 Å². The summed E-state index contributed by atoms with van der Waals surface area (Å²) < 4.78 is 18.7. The van der Waals surface area contributed by atoms with Crippen LogP contribution in [0.5, 0.6) is 5.75 Å². The van der Waals surface area contributed by atoms with Crippen molar-refractivity contribution in [2.24, 2.45) is 5.92 Å². The van der Waals surface area contributed by atoms with Crippen molar-refractivity contribution in [2.45, 2.75) is 32.2 Å². The fraction of sp³-hybridized carbons (Fsp3) is 0.571. The molecule has 0 saturated heterocycles. The zero-order valence-electron chi connectivity index (χ0n) is 10.5. The molecular weight excluding hydrogens is 217 g/mol. The van der Waals surface area contributed by atoms with Gasteiger partial charge in [0.15, 0.2) is 0 Å². The summed E-state index contributed by atoms with van der Waals surface area (Å²) in [5.74, 6) is 1.21. The van der Waals surface area contributed by atoms with Crippen LogP contribution in [-0.2, 0) is 0 Å². The normalized spacial score (nSPS) is 17.6. The molecule has 0 heterocycles. The van der Waals surface area contributed by atoms with Gasteiger partial charge in [0.05, 0.1) is 7.11 Å². The van der Waals surface area contributed by atoms with Gasteiger partial charge in [0, 0.05) is 11.6 Å². The molecule has 1 aromatic carbocycles. The molecule has 0 bridgehead atoms. The molecule has 0 radical (unpaired) electrons. The van der Waals surface area contributed by atoms with Crippen LogP contribution in [0.25, 0.3) is 0 Å². The summed E-state index contributed by atoms with van der Waals surface area (Å²) in [7, 11) is 1.64. The van der Waals surface area contributed by atoms with Crippen molar-refractivity contribution in [1.29, 1.82) is 0 Å². The smallest absolute Gasteiger partial charge is 0.123 e. The minimum absolute atomic E-state index is 0.192. The Hall–Kier alpha value is -1.09. The number of halogens is 1. The second-order valence-corrected chi connectivity index (χ2v) is 4.61. The molecule has 0 aromatic heterocycles. The molecule has 1 unspecified atom stereocenters. The van der Waals surface area contributed by atoms with Crippen LogP contribution in [0.3, 0.4) is 0 Å². The van der Waals surface area contributed by atoms with Crippen LogP contribution in [0.2, 0.25) is 0 Å². The highest BCUT2D eigenvalue weighted by molar-refractivity contribution is 5.37. The van der Waals surface area contributed by atoms with E-state index in [0.717, 1.165) is 17.9 Å². The molecule has 1 aromatic rings. The fourth-order valence-electron chi connectivity index (χ4n) is 2.47. The first kappa shape index (κ1) is 12.4. The van der Waals surface area contributed by atoms with Gasteiger partial charge in [-0.15, -0.1) is 0 Å². The molecule has 1 N–H and O–H groups in total. The highest BCUT2D eigenvalue weighted by atomic mass is 19.1. The zero-order chi connectivity index (χ0) is 12.3. The minimum atomic E-state index is -0.192. The van der Waals surface area contributed by atoms with Gasteiger partial charge in [0.1, 0.15) is 11.6 Å². The molecule has 2 nitrogen and oxygen atoms in total. The number of rotatable bonds is 5. The van der Waals surface area contributed by atoms with Gasteiger partial charge < -0.3 is 10.1 Å². The van der Waals surface area contributed by atoms with Crippen LogP contribution < -0.4 is 10.1 Å². The number of nitrogens with one attached hydrogen (secondary N) is 1. The van der Waals surface area contributed by atoms with Gasteiger partial charge >= 0.3 is 0 Å². The van der Waals surface area contributed by atoms with E-state index in [4.69, 9.17) is 4.74 Å². The van der Waals surface area contributed by atoms with E-state index in [9.17, 15) is 4.39 Å². The maximum absolute atomic E-state index is 13.4. The number of hydrogen-bond donors (Lipinski definition) is 1. The SMILES string of the molecule is CCNC(c1cc(F)ccc1OC)C1CCC1. The van der Waals surface area contributed by atoms with Crippen LogP contribution in [-0.4, -0.2) is 13.7 Å². The first-order valence-electron chi connectivity index (χ1n) is 6.33. The molecule has 0 aliphatic heterocycles. The number of ether oxygens (including phenoxy) is 1. The third-order valence-corrected chi connectivity index (χ3v) is 3.57. The summed E-state index contributed by atoms with van der Waals surface area (Å²) >= 11 is 0. The molecule has 0 spiro atoms. The summed E-state index contributed by atoms with van der Waals surface area (Å²) in [5, 5.41) is 3.46. The third-order valence-electron chi connectivity index (χ3n) is 3.57. The lowest BCUT2D eigenvalue weighted by Gasteiger charge is -2.35. The Morgan fingerprint density at radius 2 is 2.24 bits per heavy atom. The van der Waals surface area contributed by atoms with Gasteiger partial charge in [-0.3, -0.25) is 0 Å². The maximum atomic E-state index is 13.4. The van der Waals surface area contributed by atoms with Gasteiger partial charge in [0.2, 0.25) is 0 Å². The molecule has 17 heavy (non-hydrogen) atoms. The second kappa shape index (κ2) is 5.50. The Balaban J connectivity index is 2.29. The van der Waals surface area contributed by atoms with E-state index < -0.39 is 0 Å². The predicted molar refractivity (Wildman–Crippen MR) is 66.7 cm³/mol. The van der Waals surface area contributed by atoms with Crippen molar-refractivity contribution < 1.29 is 9.13 Å². The van der Waals surface area contributed by atoms with Gasteiger partial charge in [-0.2, -0.15) is 0 Å². The third kappa shape index (κ3) is 2.60. The van der Waals surface area contributed by atoms with Gasteiger partial charge in [-0.25, -0.2) is 4.39 Å². The van der Waals surface area contributed by atoms with Gasteiger partial charge in [-0.1, -0.05) is 13.3 Å². The van der Waals surface area contributed by atoms with Crippen LogP contribution in [0.15, 0.2) is 18.2 Å². The van der Waals surface area contributed by atoms with Crippen molar-refractivity contribution in [2.75, 3.05) is 13.7 Å². The molecule has 0 amide bonds. The number of hydrogen-bond acceptors (Lipinski definition) is 2. The van der Waals surface area contributed by atoms with Crippen molar-refractivity contribution in [3.8, 4) is 5.75 Å². The number of benzene rings is 1. The summed E-state index contributed by atoms with van der Waals surface area (Å²) in [6.07, 6.45) is 3.72. The monoisotopic (exact) mass is 237 g/mol. The summed E-state index contributed by atoms with van der Waals surface area (Å²) in [4.78, 5) is 0. The van der Waals surface area contributed by atoms with E-state index in [1.54, 1.807) is 19.2 Å². The van der Waals surface area contributed by atoms with Crippen molar-refractivity contribution >= 4 is 0 Å². The molecule has 1 saturated carbocycles. The van der Waals surface area contributed by atoms with Crippen LogP contribution >= 0.6 is 0 Å². The van der Waals surface area contributed by atoms with Gasteiger partial charge in [-0.05, 0) is 43.5 Å². The Kier molecular flexibility index (Phi) is 4.00. The first-order chi connectivity index (χ1) is 8.26. The molecule has 2 rings (SSSR count). The standard InChI is InChI=1S/C14H20FNO/c1-3-16-14(10-5-4-6-10)12-9-11(15)7-8-13(12)17-2/h7-10,14,16H,3-6H2,1-2H3. The van der Waals surface area contributed by atoms with Crippen LogP contribution in [0.4, 0.5) is 4.39 Å². The average Bonchev–Trinajstić information content (AvgIpc) is 2.26. The summed E-state index contributed by atoms with van der Waals surface area (Å²) in [5.41, 5.74) is 0.957. The molecule has 1 aliphatic carbocycles. The average molecular weight is 237 g/mol. The fourth-order valence-corrected chi connectivity index (χ4v) is 2.47. The van der Waals surface area contributed by atoms with Crippen molar-refractivity contribution in [3.63, 3.8) is 0 Å². The van der Waals surface area contributed by atoms with E-state index in [1.165, 1.54) is 25.3 Å². The summed E-state index contributed by atoms with van der Waals surface area (Å²) in [6, 6.07) is 4.99. The Morgan fingerprint density at radius 3 is 2.76 bits per heavy atom. The summed E-state index contributed by atoms with van der Waals surface area (Å²) in [6.45, 7) is 2.97. The van der Waals surface area contributed by atoms with Crippen LogP contribution in [0.1, 0.15) is 37.8 Å². The lowest BCUT2D eigenvalue weighted by molar-refractivity contribution is 0.228. The molecule has 1 aliphatic rings. The quantitative estimate of drug-likeness (QED) is 0.848. The number of methoxy groups -OCH3 is 1. The highest BCUT2D eigenvalue weighted by Gasteiger charge is 2.29. The van der Waals surface area contributed by atoms with Crippen molar-refractivity contribution in [3.05, 3.63) is 29.6 Å². The molecule has 3 heteroatoms. The largest absolute Gasteiger partial charge is 0.496 e. The zero-order valence-corrected chi connectivity index (χ0v) is 10.5. The van der Waals surface area contributed by atoms with Crippen LogP contribution in [0, 0.1) is 11.7 Å².